The summed E-state index contributed by atoms with van der Waals surface area (Å²) in [4.78, 5) is 16.7. The third-order valence-electron chi connectivity index (χ3n) is 4.07. The molecule has 0 radical (unpaired) electrons. The molecule has 2 aliphatic carbocycles. The molecule has 0 aromatic carbocycles. The van der Waals surface area contributed by atoms with Gasteiger partial charge in [-0.1, -0.05) is 6.08 Å². The summed E-state index contributed by atoms with van der Waals surface area (Å²) in [5.74, 6) is -0.0180. The summed E-state index contributed by atoms with van der Waals surface area (Å²) in [5, 5.41) is 3.11. The van der Waals surface area contributed by atoms with Gasteiger partial charge in [-0.05, 0) is 69.1 Å². The number of carbonyl (C=O) groups is 1. The van der Waals surface area contributed by atoms with Gasteiger partial charge in [0.25, 0.3) is 0 Å². The molecule has 0 bridgehead atoms. The lowest BCUT2D eigenvalue weighted by Gasteiger charge is -2.21. The summed E-state index contributed by atoms with van der Waals surface area (Å²) in [6.45, 7) is 1.87. The van der Waals surface area contributed by atoms with E-state index in [0.717, 1.165) is 37.8 Å². The lowest BCUT2D eigenvalue weighted by atomic mass is 9.92. The number of carbonyl (C=O) groups excluding carboxylic acids is 1. The molecule has 1 N–H and O–H groups in total. The van der Waals surface area contributed by atoms with E-state index in [4.69, 9.17) is 4.98 Å². The molecular weight excluding hydrogens is 236 g/mol. The van der Waals surface area contributed by atoms with Crippen molar-refractivity contribution in [3.05, 3.63) is 34.7 Å². The smallest absolute Gasteiger partial charge is 0.248 e. The quantitative estimate of drug-likeness (QED) is 0.827. The largest absolute Gasteiger partial charge is 0.322 e. The summed E-state index contributed by atoms with van der Waals surface area (Å²) < 4.78 is 0. The van der Waals surface area contributed by atoms with Gasteiger partial charge in [0.15, 0.2) is 0 Å². The van der Waals surface area contributed by atoms with E-state index in [-0.39, 0.29) is 5.91 Å². The van der Waals surface area contributed by atoms with E-state index >= 15 is 0 Å². The molecule has 3 rings (SSSR count). The number of hydrogen-bond acceptors (Lipinski definition) is 2. The number of hydrogen-bond donors (Lipinski definition) is 1. The van der Waals surface area contributed by atoms with Crippen molar-refractivity contribution < 1.29 is 4.79 Å². The highest BCUT2D eigenvalue weighted by Crippen LogP contribution is 2.35. The minimum atomic E-state index is -0.0180. The number of nitrogens with zero attached hydrogens (tertiary/aromatic N) is 1. The molecule has 1 aromatic rings. The van der Waals surface area contributed by atoms with Gasteiger partial charge in [-0.3, -0.25) is 9.78 Å². The van der Waals surface area contributed by atoms with Gasteiger partial charge in [-0.25, -0.2) is 0 Å². The van der Waals surface area contributed by atoms with Crippen molar-refractivity contribution in [1.82, 2.24) is 4.98 Å². The van der Waals surface area contributed by atoms with Crippen LogP contribution in [-0.4, -0.2) is 10.9 Å². The molecule has 1 heterocycles. The molecular formula is C16H20N2O. The van der Waals surface area contributed by atoms with Crippen LogP contribution in [0.15, 0.2) is 12.2 Å². The average Bonchev–Trinajstić information content (AvgIpc) is 2.87. The van der Waals surface area contributed by atoms with Crippen molar-refractivity contribution >= 4 is 11.6 Å². The third kappa shape index (κ3) is 2.29. The molecule has 0 fully saturated rings. The summed E-state index contributed by atoms with van der Waals surface area (Å²) >= 11 is 0. The van der Waals surface area contributed by atoms with Crippen LogP contribution in [0.4, 0.5) is 5.69 Å². The molecule has 1 amide bonds. The van der Waals surface area contributed by atoms with Crippen LogP contribution in [-0.2, 0) is 30.5 Å². The molecule has 0 saturated carbocycles. The molecule has 3 nitrogen and oxygen atoms in total. The monoisotopic (exact) mass is 256 g/mol. The van der Waals surface area contributed by atoms with Gasteiger partial charge in [0, 0.05) is 11.4 Å². The number of pyridine rings is 1. The SMILES string of the molecule is CC=CC(=O)Nc1c2c(nc3c1CCC3)CCCC2. The van der Waals surface area contributed by atoms with Gasteiger partial charge in [-0.15, -0.1) is 0 Å². The molecule has 3 heteroatoms. The first-order valence-electron chi connectivity index (χ1n) is 7.26. The Morgan fingerprint density at radius 2 is 1.68 bits per heavy atom. The predicted molar refractivity (Wildman–Crippen MR) is 76.3 cm³/mol. The van der Waals surface area contributed by atoms with Gasteiger partial charge in [0.1, 0.15) is 0 Å². The number of nitrogens with one attached hydrogen (secondary N) is 1. The van der Waals surface area contributed by atoms with Crippen molar-refractivity contribution in [2.75, 3.05) is 5.32 Å². The molecule has 1 aromatic heterocycles. The molecule has 100 valence electrons. The fourth-order valence-electron chi connectivity index (χ4n) is 3.21. The zero-order valence-corrected chi connectivity index (χ0v) is 11.5. The van der Waals surface area contributed by atoms with Gasteiger partial charge >= 0.3 is 0 Å². The van der Waals surface area contributed by atoms with Crippen molar-refractivity contribution in [3.8, 4) is 0 Å². The maximum atomic E-state index is 11.9. The lowest BCUT2D eigenvalue weighted by molar-refractivity contribution is -0.111. The summed E-state index contributed by atoms with van der Waals surface area (Å²) in [5.41, 5.74) is 6.11. The summed E-state index contributed by atoms with van der Waals surface area (Å²) in [7, 11) is 0. The van der Waals surface area contributed by atoms with Gasteiger partial charge in [0.2, 0.25) is 5.91 Å². The van der Waals surface area contributed by atoms with Gasteiger partial charge in [-0.2, -0.15) is 0 Å². The summed E-state index contributed by atoms with van der Waals surface area (Å²) in [6.07, 6.45) is 11.2. The van der Waals surface area contributed by atoms with Crippen LogP contribution in [0.3, 0.4) is 0 Å². The standard InChI is InChI=1S/C16H20N2O/c1-2-6-15(19)18-16-11-7-3-4-9-13(11)17-14-10-5-8-12(14)16/h2,6H,3-5,7-10H2,1H3,(H,17,18,19). The Morgan fingerprint density at radius 3 is 2.42 bits per heavy atom. The van der Waals surface area contributed by atoms with Crippen molar-refractivity contribution in [2.45, 2.75) is 51.9 Å². The Bertz CT molecular complexity index is 546. The molecule has 0 unspecified atom stereocenters. The predicted octanol–water partition coefficient (Wildman–Crippen LogP) is 2.96. The first-order valence-corrected chi connectivity index (χ1v) is 7.26. The van der Waals surface area contributed by atoms with E-state index in [9.17, 15) is 4.79 Å². The Hall–Kier alpha value is -1.64. The van der Waals surface area contributed by atoms with Gasteiger partial charge in [0.05, 0.1) is 5.69 Å². The molecule has 0 aliphatic heterocycles. The minimum Gasteiger partial charge on any atom is -0.322 e. The first kappa shape index (κ1) is 12.4. The highest BCUT2D eigenvalue weighted by atomic mass is 16.1. The Kier molecular flexibility index (Phi) is 3.36. The highest BCUT2D eigenvalue weighted by molar-refractivity contribution is 6.00. The van der Waals surface area contributed by atoms with Crippen molar-refractivity contribution in [2.24, 2.45) is 0 Å². The average molecular weight is 256 g/mol. The molecule has 0 atom stereocenters. The van der Waals surface area contributed by atoms with Crippen LogP contribution < -0.4 is 5.32 Å². The zero-order chi connectivity index (χ0) is 13.2. The van der Waals surface area contributed by atoms with Crippen LogP contribution in [0, 0.1) is 0 Å². The van der Waals surface area contributed by atoms with E-state index in [0.29, 0.717) is 0 Å². The Balaban J connectivity index is 2.05. The van der Waals surface area contributed by atoms with Crippen molar-refractivity contribution in [1.29, 1.82) is 0 Å². The second-order valence-electron chi connectivity index (χ2n) is 5.39. The normalized spacial score (nSPS) is 17.3. The molecule has 19 heavy (non-hydrogen) atoms. The van der Waals surface area contributed by atoms with Crippen LogP contribution in [0.2, 0.25) is 0 Å². The van der Waals surface area contributed by atoms with Crippen LogP contribution >= 0.6 is 0 Å². The number of amides is 1. The second-order valence-corrected chi connectivity index (χ2v) is 5.39. The van der Waals surface area contributed by atoms with Crippen LogP contribution in [0.25, 0.3) is 0 Å². The van der Waals surface area contributed by atoms with Crippen LogP contribution in [0.5, 0.6) is 0 Å². The second kappa shape index (κ2) is 5.16. The number of allylic oxidation sites excluding steroid dienone is 1. The maximum absolute atomic E-state index is 11.9. The fraction of sp³-hybridized carbons (Fsp3) is 0.500. The topological polar surface area (TPSA) is 42.0 Å². The van der Waals surface area contributed by atoms with E-state index in [1.807, 2.05) is 6.92 Å². The number of fused-ring (bicyclic) bond motifs is 2. The molecule has 2 aliphatic rings. The Labute approximate surface area is 114 Å². The number of anilines is 1. The molecule has 0 saturated heterocycles. The maximum Gasteiger partial charge on any atom is 0.248 e. The number of aryl methyl sites for hydroxylation is 2. The summed E-state index contributed by atoms with van der Waals surface area (Å²) in [6, 6.07) is 0. The van der Waals surface area contributed by atoms with E-state index < -0.39 is 0 Å². The zero-order valence-electron chi connectivity index (χ0n) is 11.5. The molecule has 0 spiro atoms. The Morgan fingerprint density at radius 1 is 1.05 bits per heavy atom. The number of aromatic nitrogens is 1. The van der Waals surface area contributed by atoms with Gasteiger partial charge < -0.3 is 5.32 Å². The lowest BCUT2D eigenvalue weighted by Crippen LogP contribution is -2.17. The number of rotatable bonds is 2. The first-order chi connectivity index (χ1) is 9.29. The van der Waals surface area contributed by atoms with Crippen LogP contribution in [0.1, 0.15) is 48.7 Å². The van der Waals surface area contributed by atoms with E-state index in [1.54, 1.807) is 12.2 Å². The van der Waals surface area contributed by atoms with Crippen molar-refractivity contribution in [3.63, 3.8) is 0 Å². The highest BCUT2D eigenvalue weighted by Gasteiger charge is 2.24. The third-order valence-corrected chi connectivity index (χ3v) is 4.07. The fourth-order valence-corrected chi connectivity index (χ4v) is 3.21. The van der Waals surface area contributed by atoms with E-state index in [2.05, 4.69) is 5.32 Å². The minimum absolute atomic E-state index is 0.0180. The van der Waals surface area contributed by atoms with E-state index in [1.165, 1.54) is 35.4 Å².